The molecule has 0 fully saturated rings. The maximum atomic E-state index is 13.0. The molecule has 3 N–H and O–H groups in total. The first-order valence-corrected chi connectivity index (χ1v) is 7.16. The Labute approximate surface area is 130 Å². The van der Waals surface area contributed by atoms with E-state index in [1.165, 1.54) is 18.2 Å². The summed E-state index contributed by atoms with van der Waals surface area (Å²) < 4.78 is 13.6. The number of amides is 1. The van der Waals surface area contributed by atoms with Crippen molar-refractivity contribution in [2.75, 3.05) is 5.73 Å². The Bertz CT molecular complexity index is 628. The molecule has 0 bridgehead atoms. The van der Waals surface area contributed by atoms with Crippen LogP contribution in [-0.4, -0.2) is 5.91 Å². The number of carbonyl (C=O) groups excluding carboxylic acids is 1. The van der Waals surface area contributed by atoms with Crippen molar-refractivity contribution in [1.29, 1.82) is 0 Å². The third kappa shape index (κ3) is 3.47. The van der Waals surface area contributed by atoms with Gasteiger partial charge in [-0.25, -0.2) is 4.39 Å². The van der Waals surface area contributed by atoms with Gasteiger partial charge >= 0.3 is 0 Å². The van der Waals surface area contributed by atoms with E-state index in [1.54, 1.807) is 12.1 Å². The molecule has 0 heterocycles. The zero-order valence-electron chi connectivity index (χ0n) is 10.9. The Hall–Kier alpha value is -1.63. The first-order chi connectivity index (χ1) is 9.47. The van der Waals surface area contributed by atoms with Crippen molar-refractivity contribution >= 4 is 34.2 Å². The number of nitrogen functional groups attached to an aromatic ring is 1. The highest BCUT2D eigenvalue weighted by atomic mass is 127. The zero-order chi connectivity index (χ0) is 14.7. The molecule has 0 saturated carbocycles. The molecule has 0 aromatic heterocycles. The van der Waals surface area contributed by atoms with Crippen molar-refractivity contribution < 1.29 is 9.18 Å². The molecule has 0 aliphatic carbocycles. The lowest BCUT2D eigenvalue weighted by atomic mass is 10.1. The number of halogens is 2. The normalized spacial score (nSPS) is 11.9. The summed E-state index contributed by atoms with van der Waals surface area (Å²) in [5.74, 6) is -0.573. The first-order valence-electron chi connectivity index (χ1n) is 6.08. The minimum atomic E-state index is -0.350. The molecule has 5 heteroatoms. The lowest BCUT2D eigenvalue weighted by molar-refractivity contribution is 0.0939. The number of carbonyl (C=O) groups is 1. The van der Waals surface area contributed by atoms with E-state index in [0.29, 0.717) is 14.8 Å². The van der Waals surface area contributed by atoms with E-state index in [4.69, 9.17) is 5.73 Å². The van der Waals surface area contributed by atoms with Crippen molar-refractivity contribution in [3.63, 3.8) is 0 Å². The predicted octanol–water partition coefficient (Wildman–Crippen LogP) is 3.50. The predicted molar refractivity (Wildman–Crippen MR) is 85.9 cm³/mol. The van der Waals surface area contributed by atoms with Crippen LogP contribution in [0.15, 0.2) is 42.5 Å². The topological polar surface area (TPSA) is 55.1 Å². The van der Waals surface area contributed by atoms with E-state index < -0.39 is 0 Å². The Morgan fingerprint density at radius 1 is 1.25 bits per heavy atom. The molecular formula is C15H14FIN2O. The molecule has 0 spiro atoms. The number of anilines is 1. The lowest BCUT2D eigenvalue weighted by Gasteiger charge is -2.15. The average molecular weight is 384 g/mol. The SMILES string of the molecule is CC(NC(=O)c1ccc(F)cc1I)c1ccc(N)cc1. The summed E-state index contributed by atoms with van der Waals surface area (Å²) in [6.45, 7) is 1.89. The molecule has 3 nitrogen and oxygen atoms in total. The maximum Gasteiger partial charge on any atom is 0.252 e. The minimum Gasteiger partial charge on any atom is -0.399 e. The molecule has 2 aromatic carbocycles. The van der Waals surface area contributed by atoms with Gasteiger partial charge in [0.25, 0.3) is 5.91 Å². The van der Waals surface area contributed by atoms with Gasteiger partial charge in [0.1, 0.15) is 5.82 Å². The Kier molecular flexibility index (Phi) is 4.59. The number of hydrogen-bond acceptors (Lipinski definition) is 2. The van der Waals surface area contributed by atoms with Crippen LogP contribution < -0.4 is 11.1 Å². The molecule has 0 aliphatic heterocycles. The summed E-state index contributed by atoms with van der Waals surface area (Å²) in [5.41, 5.74) is 7.74. The van der Waals surface area contributed by atoms with E-state index in [-0.39, 0.29) is 17.8 Å². The molecule has 104 valence electrons. The Morgan fingerprint density at radius 2 is 1.90 bits per heavy atom. The molecule has 1 atom stereocenters. The van der Waals surface area contributed by atoms with Crippen LogP contribution in [0.1, 0.15) is 28.9 Å². The van der Waals surface area contributed by atoms with Gasteiger partial charge < -0.3 is 11.1 Å². The highest BCUT2D eigenvalue weighted by Gasteiger charge is 2.14. The van der Waals surface area contributed by atoms with Crippen LogP contribution in [0.4, 0.5) is 10.1 Å². The average Bonchev–Trinajstić information content (AvgIpc) is 2.39. The van der Waals surface area contributed by atoms with Gasteiger partial charge in [-0.2, -0.15) is 0 Å². The van der Waals surface area contributed by atoms with Gasteiger partial charge in [0.15, 0.2) is 0 Å². The molecule has 0 saturated heterocycles. The van der Waals surface area contributed by atoms with Crippen LogP contribution in [-0.2, 0) is 0 Å². The van der Waals surface area contributed by atoms with Gasteiger partial charge in [0.05, 0.1) is 11.6 Å². The highest BCUT2D eigenvalue weighted by molar-refractivity contribution is 14.1. The van der Waals surface area contributed by atoms with E-state index >= 15 is 0 Å². The molecule has 0 radical (unpaired) electrons. The molecule has 1 unspecified atom stereocenters. The van der Waals surface area contributed by atoms with E-state index in [0.717, 1.165) is 5.56 Å². The number of rotatable bonds is 3. The number of nitrogens with two attached hydrogens (primary N) is 1. The van der Waals surface area contributed by atoms with Crippen LogP contribution in [0.5, 0.6) is 0 Å². The second-order valence-corrected chi connectivity index (χ2v) is 5.65. The smallest absolute Gasteiger partial charge is 0.252 e. The van der Waals surface area contributed by atoms with Gasteiger partial charge in [0, 0.05) is 9.26 Å². The van der Waals surface area contributed by atoms with Gasteiger partial charge in [0.2, 0.25) is 0 Å². The summed E-state index contributed by atoms with van der Waals surface area (Å²) >= 11 is 1.95. The Balaban J connectivity index is 2.13. The molecular weight excluding hydrogens is 370 g/mol. The second kappa shape index (κ2) is 6.21. The van der Waals surface area contributed by atoms with E-state index in [9.17, 15) is 9.18 Å². The molecule has 2 rings (SSSR count). The fourth-order valence-electron chi connectivity index (χ4n) is 1.82. The summed E-state index contributed by atoms with van der Waals surface area (Å²) in [4.78, 5) is 12.2. The van der Waals surface area contributed by atoms with E-state index in [2.05, 4.69) is 5.32 Å². The zero-order valence-corrected chi connectivity index (χ0v) is 13.0. The quantitative estimate of drug-likeness (QED) is 0.629. The number of hydrogen-bond donors (Lipinski definition) is 2. The fraction of sp³-hybridized carbons (Fsp3) is 0.133. The first kappa shape index (κ1) is 14.8. The molecule has 0 aliphatic rings. The van der Waals surface area contributed by atoms with Crippen molar-refractivity contribution in [1.82, 2.24) is 5.32 Å². The van der Waals surface area contributed by atoms with Crippen LogP contribution in [0.2, 0.25) is 0 Å². The molecule has 20 heavy (non-hydrogen) atoms. The van der Waals surface area contributed by atoms with Crippen LogP contribution in [0, 0.1) is 9.39 Å². The van der Waals surface area contributed by atoms with Crippen LogP contribution in [0.25, 0.3) is 0 Å². The fourth-order valence-corrected chi connectivity index (χ4v) is 2.54. The summed E-state index contributed by atoms with van der Waals surface area (Å²) in [7, 11) is 0. The van der Waals surface area contributed by atoms with Crippen molar-refractivity contribution in [3.05, 3.63) is 63.0 Å². The minimum absolute atomic E-state index is 0.149. The summed E-state index contributed by atoms with van der Waals surface area (Å²) in [6.07, 6.45) is 0. The third-order valence-electron chi connectivity index (χ3n) is 2.96. The largest absolute Gasteiger partial charge is 0.399 e. The standard InChI is InChI=1S/C15H14FIN2O/c1-9(10-2-5-12(18)6-3-10)19-15(20)13-7-4-11(16)8-14(13)17/h2-9H,18H2,1H3,(H,19,20). The summed E-state index contributed by atoms with van der Waals surface area (Å²) in [5, 5.41) is 2.89. The van der Waals surface area contributed by atoms with E-state index in [1.807, 2.05) is 41.6 Å². The van der Waals surface area contributed by atoms with Crippen LogP contribution in [0.3, 0.4) is 0 Å². The third-order valence-corrected chi connectivity index (χ3v) is 3.85. The Morgan fingerprint density at radius 3 is 2.50 bits per heavy atom. The van der Waals surface area contributed by atoms with Crippen molar-refractivity contribution in [3.8, 4) is 0 Å². The maximum absolute atomic E-state index is 13.0. The summed E-state index contributed by atoms with van der Waals surface area (Å²) in [6, 6.07) is 11.3. The number of benzene rings is 2. The molecule has 1 amide bonds. The van der Waals surface area contributed by atoms with Gasteiger partial charge in [-0.15, -0.1) is 0 Å². The van der Waals surface area contributed by atoms with Gasteiger partial charge in [-0.1, -0.05) is 12.1 Å². The monoisotopic (exact) mass is 384 g/mol. The van der Waals surface area contributed by atoms with Gasteiger partial charge in [-0.3, -0.25) is 4.79 Å². The number of nitrogens with one attached hydrogen (secondary N) is 1. The van der Waals surface area contributed by atoms with Crippen molar-refractivity contribution in [2.24, 2.45) is 0 Å². The van der Waals surface area contributed by atoms with Crippen molar-refractivity contribution in [2.45, 2.75) is 13.0 Å². The molecule has 2 aromatic rings. The van der Waals surface area contributed by atoms with Crippen LogP contribution >= 0.6 is 22.6 Å². The lowest BCUT2D eigenvalue weighted by Crippen LogP contribution is -2.27. The highest BCUT2D eigenvalue weighted by Crippen LogP contribution is 2.17. The van der Waals surface area contributed by atoms with Gasteiger partial charge in [-0.05, 0) is 65.4 Å². The second-order valence-electron chi connectivity index (χ2n) is 4.49.